The fourth-order valence-electron chi connectivity index (χ4n) is 7.23. The van der Waals surface area contributed by atoms with Crippen molar-refractivity contribution in [2.45, 2.75) is 83.1 Å². The molecule has 8 heteroatoms. The summed E-state index contributed by atoms with van der Waals surface area (Å²) in [6.07, 6.45) is 5.03. The van der Waals surface area contributed by atoms with E-state index in [0.717, 1.165) is 44.7 Å². The van der Waals surface area contributed by atoms with Gasteiger partial charge in [0.25, 0.3) is 0 Å². The molecule has 0 unspecified atom stereocenters. The average molecular weight is 489 g/mol. The lowest BCUT2D eigenvalue weighted by Gasteiger charge is -2.46. The standard InChI is InChI=1S/C27H35F3N4O/c1-26(2)12-15(13-27(3,4)35-26)7-23-19-11-18(31)8-16(19)14-34(23)24-6-5-22(32-33-24)20-9-17(28)10-21(29)25(20)30/h5-6,9-10,15-16,18-19,23H,7-8,11-14,31H2,1-4H3/t16-,18+,19+,23+/m1/s1. The van der Waals surface area contributed by atoms with E-state index in [-0.39, 0.29) is 34.5 Å². The number of hydrogen-bond donors (Lipinski definition) is 1. The number of fused-ring (bicyclic) bond motifs is 1. The number of anilines is 1. The van der Waals surface area contributed by atoms with Gasteiger partial charge >= 0.3 is 0 Å². The van der Waals surface area contributed by atoms with Crippen LogP contribution in [0, 0.1) is 35.2 Å². The van der Waals surface area contributed by atoms with Crippen molar-refractivity contribution in [1.82, 2.24) is 10.2 Å². The van der Waals surface area contributed by atoms with Gasteiger partial charge in [0.05, 0.1) is 16.9 Å². The molecule has 2 saturated heterocycles. The van der Waals surface area contributed by atoms with Gasteiger partial charge in [-0.25, -0.2) is 13.2 Å². The summed E-state index contributed by atoms with van der Waals surface area (Å²) in [4.78, 5) is 2.33. The summed E-state index contributed by atoms with van der Waals surface area (Å²) in [5, 5.41) is 8.56. The number of halogens is 3. The predicted octanol–water partition coefficient (Wildman–Crippen LogP) is 5.48. The van der Waals surface area contributed by atoms with E-state index in [1.165, 1.54) is 0 Å². The van der Waals surface area contributed by atoms with Crippen LogP contribution in [0.2, 0.25) is 0 Å². The minimum atomic E-state index is -1.24. The summed E-state index contributed by atoms with van der Waals surface area (Å²) >= 11 is 0. The van der Waals surface area contributed by atoms with E-state index in [0.29, 0.717) is 29.6 Å². The van der Waals surface area contributed by atoms with Crippen LogP contribution in [0.25, 0.3) is 11.3 Å². The van der Waals surface area contributed by atoms with E-state index >= 15 is 0 Å². The fourth-order valence-corrected chi connectivity index (χ4v) is 7.23. The molecule has 0 amide bonds. The maximum Gasteiger partial charge on any atom is 0.168 e. The van der Waals surface area contributed by atoms with E-state index in [4.69, 9.17) is 10.5 Å². The third-order valence-electron chi connectivity index (χ3n) is 8.01. The van der Waals surface area contributed by atoms with Crippen LogP contribution in [0.3, 0.4) is 0 Å². The van der Waals surface area contributed by atoms with Crippen LogP contribution in [0.4, 0.5) is 19.0 Å². The molecule has 190 valence electrons. The Kier molecular flexibility index (Phi) is 6.11. The van der Waals surface area contributed by atoms with Gasteiger partial charge in [0.1, 0.15) is 5.82 Å². The third-order valence-corrected chi connectivity index (χ3v) is 8.01. The third kappa shape index (κ3) is 4.92. The zero-order valence-electron chi connectivity index (χ0n) is 20.9. The molecule has 4 atom stereocenters. The average Bonchev–Trinajstić information content (AvgIpc) is 3.25. The molecule has 5 nitrogen and oxygen atoms in total. The zero-order valence-corrected chi connectivity index (χ0v) is 20.9. The smallest absolute Gasteiger partial charge is 0.168 e. The first kappa shape index (κ1) is 24.5. The van der Waals surface area contributed by atoms with Gasteiger partial charge in [-0.2, -0.15) is 0 Å². The van der Waals surface area contributed by atoms with Crippen molar-refractivity contribution in [2.75, 3.05) is 11.4 Å². The maximum atomic E-state index is 14.3. The lowest BCUT2D eigenvalue weighted by Crippen LogP contribution is -2.47. The topological polar surface area (TPSA) is 64.3 Å². The Morgan fingerprint density at radius 1 is 1.03 bits per heavy atom. The van der Waals surface area contributed by atoms with Crippen LogP contribution in [0.1, 0.15) is 59.8 Å². The van der Waals surface area contributed by atoms with Gasteiger partial charge in [-0.05, 0) is 95.8 Å². The van der Waals surface area contributed by atoms with E-state index < -0.39 is 17.5 Å². The molecular formula is C27H35F3N4O. The highest BCUT2D eigenvalue weighted by molar-refractivity contribution is 5.61. The predicted molar refractivity (Wildman–Crippen MR) is 129 cm³/mol. The molecule has 0 spiro atoms. The lowest BCUT2D eigenvalue weighted by atomic mass is 9.76. The van der Waals surface area contributed by atoms with Crippen molar-refractivity contribution in [1.29, 1.82) is 0 Å². The van der Waals surface area contributed by atoms with Crippen LogP contribution in [0.15, 0.2) is 24.3 Å². The zero-order chi connectivity index (χ0) is 25.1. The number of nitrogens with two attached hydrogens (primary N) is 1. The molecule has 1 aromatic carbocycles. The second kappa shape index (κ2) is 8.73. The fraction of sp³-hybridized carbons (Fsp3) is 0.630. The van der Waals surface area contributed by atoms with Gasteiger partial charge in [-0.3, -0.25) is 0 Å². The van der Waals surface area contributed by atoms with Gasteiger partial charge in [0.2, 0.25) is 0 Å². The molecule has 1 saturated carbocycles. The molecule has 1 aromatic heterocycles. The van der Waals surface area contributed by atoms with Crippen molar-refractivity contribution in [3.05, 3.63) is 41.7 Å². The van der Waals surface area contributed by atoms with Gasteiger partial charge in [0.15, 0.2) is 17.5 Å². The molecule has 3 fully saturated rings. The van der Waals surface area contributed by atoms with Crippen molar-refractivity contribution in [2.24, 2.45) is 23.5 Å². The molecule has 1 aliphatic carbocycles. The summed E-state index contributed by atoms with van der Waals surface area (Å²) < 4.78 is 48.0. The summed E-state index contributed by atoms with van der Waals surface area (Å²) in [5.41, 5.74) is 5.88. The summed E-state index contributed by atoms with van der Waals surface area (Å²) in [6.45, 7) is 9.52. The Morgan fingerprint density at radius 3 is 2.40 bits per heavy atom. The molecule has 0 radical (unpaired) electrons. The number of benzene rings is 1. The number of aromatic nitrogens is 2. The van der Waals surface area contributed by atoms with Crippen LogP contribution >= 0.6 is 0 Å². The molecule has 3 aliphatic rings. The van der Waals surface area contributed by atoms with Gasteiger partial charge in [-0.15, -0.1) is 10.2 Å². The van der Waals surface area contributed by atoms with Crippen LogP contribution in [-0.4, -0.2) is 40.0 Å². The van der Waals surface area contributed by atoms with Gasteiger partial charge < -0.3 is 15.4 Å². The molecule has 35 heavy (non-hydrogen) atoms. The highest BCUT2D eigenvalue weighted by Gasteiger charge is 2.49. The molecule has 2 N–H and O–H groups in total. The Labute approximate surface area is 205 Å². The molecule has 2 aliphatic heterocycles. The van der Waals surface area contributed by atoms with Gasteiger partial charge in [0, 0.05) is 30.3 Å². The second-order valence-corrected chi connectivity index (χ2v) is 12.0. The monoisotopic (exact) mass is 488 g/mol. The van der Waals surface area contributed by atoms with Crippen molar-refractivity contribution in [3.8, 4) is 11.3 Å². The SMILES string of the molecule is CC1(C)CC(C[C@H]2[C@H]3C[C@@H](N)C[C@@H]3CN2c2ccc(-c3cc(F)cc(F)c3F)nn2)CC(C)(C)O1. The van der Waals surface area contributed by atoms with E-state index in [2.05, 4.69) is 42.8 Å². The number of hydrogen-bond acceptors (Lipinski definition) is 5. The van der Waals surface area contributed by atoms with E-state index in [9.17, 15) is 13.2 Å². The number of nitrogens with zero attached hydrogens (tertiary/aromatic N) is 3. The Hall–Kier alpha value is -2.19. The molecule has 2 aromatic rings. The van der Waals surface area contributed by atoms with Crippen molar-refractivity contribution >= 4 is 5.82 Å². The minimum absolute atomic E-state index is 0.107. The first-order chi connectivity index (χ1) is 16.4. The minimum Gasteiger partial charge on any atom is -0.370 e. The van der Waals surface area contributed by atoms with E-state index in [1.54, 1.807) is 12.1 Å². The number of ether oxygens (including phenoxy) is 1. The summed E-state index contributed by atoms with van der Waals surface area (Å²) in [7, 11) is 0. The first-order valence-corrected chi connectivity index (χ1v) is 12.6. The Balaban J connectivity index is 1.41. The molecule has 5 rings (SSSR count). The van der Waals surface area contributed by atoms with Crippen molar-refractivity contribution in [3.63, 3.8) is 0 Å². The molecule has 0 bridgehead atoms. The highest BCUT2D eigenvalue weighted by atomic mass is 19.2. The van der Waals surface area contributed by atoms with Crippen LogP contribution in [0.5, 0.6) is 0 Å². The lowest BCUT2D eigenvalue weighted by molar-refractivity contribution is -0.174. The largest absolute Gasteiger partial charge is 0.370 e. The van der Waals surface area contributed by atoms with Crippen LogP contribution < -0.4 is 10.6 Å². The Morgan fingerprint density at radius 2 is 1.74 bits per heavy atom. The van der Waals surface area contributed by atoms with Gasteiger partial charge in [-0.1, -0.05) is 0 Å². The Bertz CT molecular complexity index is 1070. The maximum absolute atomic E-state index is 14.3. The first-order valence-electron chi connectivity index (χ1n) is 12.6. The quantitative estimate of drug-likeness (QED) is 0.578. The van der Waals surface area contributed by atoms with Crippen molar-refractivity contribution < 1.29 is 17.9 Å². The summed E-state index contributed by atoms with van der Waals surface area (Å²) in [6, 6.07) is 5.37. The van der Waals surface area contributed by atoms with E-state index in [1.807, 2.05) is 0 Å². The number of rotatable bonds is 4. The second-order valence-electron chi connectivity index (χ2n) is 12.0. The van der Waals surface area contributed by atoms with Crippen LogP contribution in [-0.2, 0) is 4.74 Å². The normalized spacial score (nSPS) is 30.0. The highest BCUT2D eigenvalue weighted by Crippen LogP contribution is 2.48. The molecular weight excluding hydrogens is 453 g/mol. The summed E-state index contributed by atoms with van der Waals surface area (Å²) in [5.74, 6) is -0.992. The molecule has 3 heterocycles.